The Kier molecular flexibility index (Phi) is 5.16. The van der Waals surface area contributed by atoms with Crippen LogP contribution < -0.4 is 0 Å². The molecule has 2 rings (SSSR count). The molecule has 1 aliphatic rings. The van der Waals surface area contributed by atoms with Crippen LogP contribution in [0.4, 0.5) is 4.79 Å². The number of ether oxygens (including phenoxy) is 1. The molecule has 1 amide bonds. The molecule has 0 bridgehead atoms. The van der Waals surface area contributed by atoms with Crippen molar-refractivity contribution in [1.82, 2.24) is 9.80 Å². The molecule has 0 aromatic carbocycles. The molecular weight excluding hydrogens is 280 g/mol. The van der Waals surface area contributed by atoms with Crippen molar-refractivity contribution in [2.75, 3.05) is 20.1 Å². The van der Waals surface area contributed by atoms with Gasteiger partial charge < -0.3 is 14.1 Å². The molecule has 2 heterocycles. The van der Waals surface area contributed by atoms with E-state index in [1.807, 2.05) is 37.8 Å². The summed E-state index contributed by atoms with van der Waals surface area (Å²) in [6, 6.07) is 4.29. The number of amides is 1. The number of hydrogen-bond donors (Lipinski definition) is 0. The molecule has 0 unspecified atom stereocenters. The smallest absolute Gasteiger partial charge is 0.410 e. The van der Waals surface area contributed by atoms with Crippen molar-refractivity contribution in [3.63, 3.8) is 0 Å². The number of likely N-dealkylation sites (N-methyl/N-ethyl adjacent to an activating group) is 1. The summed E-state index contributed by atoms with van der Waals surface area (Å²) in [7, 11) is 2.07. The lowest BCUT2D eigenvalue weighted by Crippen LogP contribution is -2.44. The van der Waals surface area contributed by atoms with Crippen molar-refractivity contribution in [2.45, 2.75) is 58.2 Å². The maximum atomic E-state index is 12.3. The second-order valence-corrected chi connectivity index (χ2v) is 7.10. The van der Waals surface area contributed by atoms with Crippen LogP contribution in [0.2, 0.25) is 0 Å². The first-order chi connectivity index (χ1) is 10.3. The standard InChI is InChI=1S/C17H28N2O3/c1-13(15-9-7-11-21-15)18(5)12-14-8-6-10-19(14)16(20)22-17(2,3)4/h7,9,11,13-14H,6,8,10,12H2,1-5H3/t13-,14-/m0/s1. The highest BCUT2D eigenvalue weighted by Gasteiger charge is 2.33. The van der Waals surface area contributed by atoms with Gasteiger partial charge in [0.05, 0.1) is 12.3 Å². The highest BCUT2D eigenvalue weighted by atomic mass is 16.6. The zero-order valence-corrected chi connectivity index (χ0v) is 14.3. The predicted octanol–water partition coefficient (Wildman–Crippen LogP) is 3.67. The normalized spacial score (nSPS) is 20.5. The van der Waals surface area contributed by atoms with Gasteiger partial charge in [-0.05, 0) is 59.7 Å². The summed E-state index contributed by atoms with van der Waals surface area (Å²) >= 11 is 0. The summed E-state index contributed by atoms with van der Waals surface area (Å²) in [5, 5.41) is 0. The number of carbonyl (C=O) groups is 1. The topological polar surface area (TPSA) is 45.9 Å². The summed E-state index contributed by atoms with van der Waals surface area (Å²) in [5.41, 5.74) is -0.447. The molecule has 0 spiro atoms. The average Bonchev–Trinajstić information content (AvgIpc) is 3.06. The van der Waals surface area contributed by atoms with Crippen LogP contribution in [0.15, 0.2) is 22.8 Å². The van der Waals surface area contributed by atoms with Crippen molar-refractivity contribution in [3.05, 3.63) is 24.2 Å². The van der Waals surface area contributed by atoms with Crippen molar-refractivity contribution in [2.24, 2.45) is 0 Å². The predicted molar refractivity (Wildman–Crippen MR) is 85.7 cm³/mol. The van der Waals surface area contributed by atoms with Crippen LogP contribution >= 0.6 is 0 Å². The second kappa shape index (κ2) is 6.73. The van der Waals surface area contributed by atoms with Gasteiger partial charge in [0, 0.05) is 19.1 Å². The van der Waals surface area contributed by atoms with Crippen LogP contribution in [-0.4, -0.2) is 47.7 Å². The van der Waals surface area contributed by atoms with E-state index in [2.05, 4.69) is 18.9 Å². The Balaban J connectivity index is 1.94. The highest BCUT2D eigenvalue weighted by Crippen LogP contribution is 2.25. The van der Waals surface area contributed by atoms with E-state index in [0.29, 0.717) is 0 Å². The Morgan fingerprint density at radius 2 is 2.27 bits per heavy atom. The summed E-state index contributed by atoms with van der Waals surface area (Å²) < 4.78 is 11.0. The lowest BCUT2D eigenvalue weighted by atomic mass is 10.1. The van der Waals surface area contributed by atoms with Crippen LogP contribution in [-0.2, 0) is 4.74 Å². The second-order valence-electron chi connectivity index (χ2n) is 7.10. The van der Waals surface area contributed by atoms with Crippen molar-refractivity contribution in [1.29, 1.82) is 0 Å². The summed E-state index contributed by atoms with van der Waals surface area (Å²) in [4.78, 5) is 16.4. The lowest BCUT2D eigenvalue weighted by molar-refractivity contribution is 0.0191. The van der Waals surface area contributed by atoms with Crippen molar-refractivity contribution >= 4 is 6.09 Å². The maximum absolute atomic E-state index is 12.3. The van der Waals surface area contributed by atoms with E-state index in [9.17, 15) is 4.79 Å². The van der Waals surface area contributed by atoms with Gasteiger partial charge in [0.2, 0.25) is 0 Å². The molecular formula is C17H28N2O3. The Morgan fingerprint density at radius 1 is 1.55 bits per heavy atom. The molecule has 0 N–H and O–H groups in total. The van der Waals surface area contributed by atoms with E-state index >= 15 is 0 Å². The molecule has 5 heteroatoms. The Morgan fingerprint density at radius 3 is 2.86 bits per heavy atom. The SMILES string of the molecule is C[C@@H](c1ccco1)N(C)C[C@@H]1CCCN1C(=O)OC(C)(C)C. The fourth-order valence-corrected chi connectivity index (χ4v) is 2.82. The third-order valence-electron chi connectivity index (χ3n) is 4.12. The van der Waals surface area contributed by atoms with E-state index in [-0.39, 0.29) is 18.2 Å². The molecule has 5 nitrogen and oxygen atoms in total. The number of furan rings is 1. The monoisotopic (exact) mass is 308 g/mol. The summed E-state index contributed by atoms with van der Waals surface area (Å²) in [6.07, 6.45) is 3.55. The maximum Gasteiger partial charge on any atom is 0.410 e. The zero-order valence-electron chi connectivity index (χ0n) is 14.3. The summed E-state index contributed by atoms with van der Waals surface area (Å²) in [5.74, 6) is 0.948. The average molecular weight is 308 g/mol. The van der Waals surface area contributed by atoms with Gasteiger partial charge >= 0.3 is 6.09 Å². The van der Waals surface area contributed by atoms with Gasteiger partial charge in [-0.1, -0.05) is 0 Å². The first-order valence-corrected chi connectivity index (χ1v) is 8.01. The number of carbonyl (C=O) groups excluding carboxylic acids is 1. The Labute approximate surface area is 133 Å². The third kappa shape index (κ3) is 4.26. The number of hydrogen-bond acceptors (Lipinski definition) is 4. The Hall–Kier alpha value is -1.49. The fraction of sp³-hybridized carbons (Fsp3) is 0.706. The molecule has 1 fully saturated rings. The summed E-state index contributed by atoms with van der Waals surface area (Å²) in [6.45, 7) is 9.43. The fourth-order valence-electron chi connectivity index (χ4n) is 2.82. The van der Waals surface area contributed by atoms with Gasteiger partial charge in [0.25, 0.3) is 0 Å². The van der Waals surface area contributed by atoms with Crippen LogP contribution in [0.25, 0.3) is 0 Å². The van der Waals surface area contributed by atoms with Gasteiger partial charge in [-0.2, -0.15) is 0 Å². The molecule has 1 aromatic heterocycles. The zero-order chi connectivity index (χ0) is 16.3. The van der Waals surface area contributed by atoms with E-state index < -0.39 is 5.60 Å². The van der Waals surface area contributed by atoms with Crippen molar-refractivity contribution in [3.8, 4) is 0 Å². The highest BCUT2D eigenvalue weighted by molar-refractivity contribution is 5.69. The molecule has 124 valence electrons. The van der Waals surface area contributed by atoms with Crippen molar-refractivity contribution < 1.29 is 13.9 Å². The minimum absolute atomic E-state index is 0.191. The van der Waals surface area contributed by atoms with Crippen LogP contribution in [0.5, 0.6) is 0 Å². The van der Waals surface area contributed by atoms with Gasteiger partial charge in [0.1, 0.15) is 11.4 Å². The van der Waals surface area contributed by atoms with Gasteiger partial charge in [-0.25, -0.2) is 4.79 Å². The van der Waals surface area contributed by atoms with Gasteiger partial charge in [0.15, 0.2) is 0 Å². The quantitative estimate of drug-likeness (QED) is 0.851. The minimum Gasteiger partial charge on any atom is -0.468 e. The van der Waals surface area contributed by atoms with E-state index in [0.717, 1.165) is 31.7 Å². The molecule has 1 aromatic rings. The largest absolute Gasteiger partial charge is 0.468 e. The molecule has 0 radical (unpaired) electrons. The first kappa shape index (κ1) is 16.9. The molecule has 1 aliphatic heterocycles. The van der Waals surface area contributed by atoms with Crippen LogP contribution in [0.3, 0.4) is 0 Å². The van der Waals surface area contributed by atoms with E-state index in [4.69, 9.17) is 9.15 Å². The molecule has 2 atom stereocenters. The molecule has 22 heavy (non-hydrogen) atoms. The van der Waals surface area contributed by atoms with Gasteiger partial charge in [-0.3, -0.25) is 4.90 Å². The third-order valence-corrected chi connectivity index (χ3v) is 4.12. The number of nitrogens with zero attached hydrogens (tertiary/aromatic N) is 2. The van der Waals surface area contributed by atoms with Crippen LogP contribution in [0.1, 0.15) is 52.3 Å². The van der Waals surface area contributed by atoms with Crippen LogP contribution in [0, 0.1) is 0 Å². The first-order valence-electron chi connectivity index (χ1n) is 8.01. The molecule has 0 saturated carbocycles. The Bertz CT molecular complexity index is 479. The van der Waals surface area contributed by atoms with E-state index in [1.165, 1.54) is 0 Å². The molecule has 0 aliphatic carbocycles. The van der Waals surface area contributed by atoms with E-state index in [1.54, 1.807) is 6.26 Å². The number of rotatable bonds is 4. The molecule has 1 saturated heterocycles. The van der Waals surface area contributed by atoms with Gasteiger partial charge in [-0.15, -0.1) is 0 Å². The lowest BCUT2D eigenvalue weighted by Gasteiger charge is -2.32. The number of likely N-dealkylation sites (tertiary alicyclic amines) is 1. The minimum atomic E-state index is -0.447.